The number of anilines is 1. The Morgan fingerprint density at radius 3 is 3.06 bits per heavy atom. The molecule has 0 N–H and O–H groups in total. The van der Waals surface area contributed by atoms with Crippen LogP contribution in [0.4, 0.5) is 5.69 Å². The van der Waals surface area contributed by atoms with Crippen LogP contribution in [0.15, 0.2) is 18.2 Å². The molecule has 1 unspecified atom stereocenters. The number of para-hydroxylation sites is 1. The van der Waals surface area contributed by atoms with Gasteiger partial charge in [0.2, 0.25) is 0 Å². The molecule has 1 fully saturated rings. The summed E-state index contributed by atoms with van der Waals surface area (Å²) < 4.78 is 5.47. The van der Waals surface area contributed by atoms with Crippen LogP contribution in [0.3, 0.4) is 0 Å². The SMILES string of the molecule is CC1CN(c2c(Cl)cccc2C=O)CCO1. The van der Waals surface area contributed by atoms with Gasteiger partial charge >= 0.3 is 0 Å². The van der Waals surface area contributed by atoms with E-state index in [9.17, 15) is 4.79 Å². The van der Waals surface area contributed by atoms with Crippen LogP contribution >= 0.6 is 11.6 Å². The maximum atomic E-state index is 11.0. The Kier molecular flexibility index (Phi) is 3.46. The van der Waals surface area contributed by atoms with Crippen molar-refractivity contribution in [1.29, 1.82) is 0 Å². The van der Waals surface area contributed by atoms with Gasteiger partial charge in [-0.15, -0.1) is 0 Å². The number of halogens is 1. The van der Waals surface area contributed by atoms with E-state index in [0.717, 1.165) is 25.1 Å². The zero-order valence-corrected chi connectivity index (χ0v) is 9.91. The maximum Gasteiger partial charge on any atom is 0.152 e. The quantitative estimate of drug-likeness (QED) is 0.743. The first-order valence-corrected chi connectivity index (χ1v) is 5.70. The van der Waals surface area contributed by atoms with Crippen molar-refractivity contribution in [2.24, 2.45) is 0 Å². The molecule has 0 bridgehead atoms. The smallest absolute Gasteiger partial charge is 0.152 e. The third-order valence-electron chi connectivity index (χ3n) is 2.70. The van der Waals surface area contributed by atoms with E-state index in [2.05, 4.69) is 4.90 Å². The van der Waals surface area contributed by atoms with E-state index in [1.54, 1.807) is 12.1 Å². The van der Waals surface area contributed by atoms with Crippen LogP contribution < -0.4 is 4.90 Å². The average Bonchev–Trinajstić information content (AvgIpc) is 2.28. The molecule has 0 spiro atoms. The molecule has 3 nitrogen and oxygen atoms in total. The normalized spacial score (nSPS) is 20.9. The molecule has 0 aliphatic carbocycles. The highest BCUT2D eigenvalue weighted by atomic mass is 35.5. The van der Waals surface area contributed by atoms with Gasteiger partial charge in [0, 0.05) is 18.7 Å². The van der Waals surface area contributed by atoms with Crippen molar-refractivity contribution in [3.8, 4) is 0 Å². The van der Waals surface area contributed by atoms with Gasteiger partial charge in [-0.2, -0.15) is 0 Å². The summed E-state index contributed by atoms with van der Waals surface area (Å²) in [6.45, 7) is 4.23. The molecule has 1 saturated heterocycles. The number of hydrogen-bond donors (Lipinski definition) is 0. The standard InChI is InChI=1S/C12H14ClNO2/c1-9-7-14(5-6-16-9)12-10(8-15)3-2-4-11(12)13/h2-4,8-9H,5-7H2,1H3. The van der Waals surface area contributed by atoms with E-state index in [1.807, 2.05) is 13.0 Å². The van der Waals surface area contributed by atoms with Gasteiger partial charge in [0.05, 0.1) is 23.4 Å². The summed E-state index contributed by atoms with van der Waals surface area (Å²) in [5, 5.41) is 0.624. The second-order valence-corrected chi connectivity index (χ2v) is 4.33. The van der Waals surface area contributed by atoms with Crippen molar-refractivity contribution in [2.75, 3.05) is 24.6 Å². The number of aldehydes is 1. The number of hydrogen-bond acceptors (Lipinski definition) is 3. The summed E-state index contributed by atoms with van der Waals surface area (Å²) in [5.74, 6) is 0. The second-order valence-electron chi connectivity index (χ2n) is 3.92. The Morgan fingerprint density at radius 2 is 2.38 bits per heavy atom. The summed E-state index contributed by atoms with van der Waals surface area (Å²) in [6, 6.07) is 5.39. The van der Waals surface area contributed by atoms with Gasteiger partial charge in [-0.1, -0.05) is 17.7 Å². The third kappa shape index (κ3) is 2.20. The fraction of sp³-hybridized carbons (Fsp3) is 0.417. The molecule has 1 aliphatic heterocycles. The van der Waals surface area contributed by atoms with Gasteiger partial charge in [-0.3, -0.25) is 4.79 Å². The molecule has 0 radical (unpaired) electrons. The lowest BCUT2D eigenvalue weighted by atomic mass is 10.1. The number of benzene rings is 1. The van der Waals surface area contributed by atoms with Crippen LogP contribution in [0.2, 0.25) is 5.02 Å². The zero-order valence-electron chi connectivity index (χ0n) is 9.15. The Labute approximate surface area is 100.0 Å². The fourth-order valence-electron chi connectivity index (χ4n) is 1.98. The van der Waals surface area contributed by atoms with Crippen LogP contribution in [0.5, 0.6) is 0 Å². The average molecular weight is 240 g/mol. The van der Waals surface area contributed by atoms with Crippen LogP contribution in [-0.2, 0) is 4.74 Å². The van der Waals surface area contributed by atoms with Crippen molar-refractivity contribution in [2.45, 2.75) is 13.0 Å². The zero-order chi connectivity index (χ0) is 11.5. The lowest BCUT2D eigenvalue weighted by Crippen LogP contribution is -2.41. The molecule has 0 saturated carbocycles. The van der Waals surface area contributed by atoms with Crippen LogP contribution in [-0.4, -0.2) is 32.1 Å². The molecule has 4 heteroatoms. The number of rotatable bonds is 2. The van der Waals surface area contributed by atoms with E-state index in [0.29, 0.717) is 17.2 Å². The fourth-order valence-corrected chi connectivity index (χ4v) is 2.28. The van der Waals surface area contributed by atoms with E-state index in [-0.39, 0.29) is 6.10 Å². The van der Waals surface area contributed by atoms with E-state index in [1.165, 1.54) is 0 Å². The predicted octanol–water partition coefficient (Wildman–Crippen LogP) is 2.38. The monoisotopic (exact) mass is 239 g/mol. The second kappa shape index (κ2) is 4.85. The van der Waals surface area contributed by atoms with Gasteiger partial charge in [-0.25, -0.2) is 0 Å². The predicted molar refractivity (Wildman–Crippen MR) is 64.5 cm³/mol. The Hall–Kier alpha value is -1.06. The number of ether oxygens (including phenoxy) is 1. The molecule has 1 atom stereocenters. The first-order chi connectivity index (χ1) is 7.72. The summed E-state index contributed by atoms with van der Waals surface area (Å²) in [7, 11) is 0. The minimum absolute atomic E-state index is 0.171. The van der Waals surface area contributed by atoms with Crippen LogP contribution in [0, 0.1) is 0 Å². The first-order valence-electron chi connectivity index (χ1n) is 5.32. The van der Waals surface area contributed by atoms with Crippen LogP contribution in [0.25, 0.3) is 0 Å². The summed E-state index contributed by atoms with van der Waals surface area (Å²) in [6.07, 6.45) is 1.02. The minimum Gasteiger partial charge on any atom is -0.375 e. The van der Waals surface area contributed by atoms with Gasteiger partial charge in [0.25, 0.3) is 0 Å². The van der Waals surface area contributed by atoms with Gasteiger partial charge in [0.15, 0.2) is 6.29 Å². The van der Waals surface area contributed by atoms with Crippen molar-refractivity contribution in [3.05, 3.63) is 28.8 Å². The number of carbonyl (C=O) groups is 1. The van der Waals surface area contributed by atoms with Crippen molar-refractivity contribution >= 4 is 23.6 Å². The number of morpholine rings is 1. The highest BCUT2D eigenvalue weighted by Crippen LogP contribution is 2.30. The molecular formula is C12H14ClNO2. The van der Waals surface area contributed by atoms with Crippen molar-refractivity contribution in [3.63, 3.8) is 0 Å². The molecule has 16 heavy (non-hydrogen) atoms. The molecule has 2 rings (SSSR count). The summed E-state index contributed by atoms with van der Waals surface area (Å²) >= 11 is 6.15. The number of carbonyl (C=O) groups excluding carboxylic acids is 1. The first kappa shape index (κ1) is 11.4. The molecular weight excluding hydrogens is 226 g/mol. The van der Waals surface area contributed by atoms with Crippen LogP contribution in [0.1, 0.15) is 17.3 Å². The molecule has 1 aromatic carbocycles. The van der Waals surface area contributed by atoms with Crippen molar-refractivity contribution < 1.29 is 9.53 Å². The highest BCUT2D eigenvalue weighted by Gasteiger charge is 2.21. The van der Waals surface area contributed by atoms with Gasteiger partial charge in [-0.05, 0) is 19.1 Å². The topological polar surface area (TPSA) is 29.5 Å². The minimum atomic E-state index is 0.171. The summed E-state index contributed by atoms with van der Waals surface area (Å²) in [5.41, 5.74) is 1.47. The molecule has 1 aliphatic rings. The lowest BCUT2D eigenvalue weighted by molar-refractivity contribution is 0.0531. The molecule has 1 heterocycles. The van der Waals surface area contributed by atoms with Gasteiger partial charge < -0.3 is 9.64 Å². The number of nitrogens with zero attached hydrogens (tertiary/aromatic N) is 1. The maximum absolute atomic E-state index is 11.0. The van der Waals surface area contributed by atoms with Gasteiger partial charge in [0.1, 0.15) is 0 Å². The van der Waals surface area contributed by atoms with E-state index >= 15 is 0 Å². The highest BCUT2D eigenvalue weighted by molar-refractivity contribution is 6.33. The summed E-state index contributed by atoms with van der Waals surface area (Å²) in [4.78, 5) is 13.1. The lowest BCUT2D eigenvalue weighted by Gasteiger charge is -2.34. The van der Waals surface area contributed by atoms with E-state index in [4.69, 9.17) is 16.3 Å². The molecule has 1 aromatic rings. The Balaban J connectivity index is 2.34. The molecule has 0 amide bonds. The third-order valence-corrected chi connectivity index (χ3v) is 3.01. The largest absolute Gasteiger partial charge is 0.375 e. The molecule has 86 valence electrons. The molecule has 0 aromatic heterocycles. The Morgan fingerprint density at radius 1 is 1.56 bits per heavy atom. The van der Waals surface area contributed by atoms with Crippen molar-refractivity contribution in [1.82, 2.24) is 0 Å². The Bertz CT molecular complexity index is 395. The van der Waals surface area contributed by atoms with E-state index < -0.39 is 0 Å².